The van der Waals surface area contributed by atoms with E-state index in [9.17, 15) is 9.90 Å². The number of aliphatic hydroxyl groups excluding tert-OH is 1. The third-order valence-corrected chi connectivity index (χ3v) is 3.66. The van der Waals surface area contributed by atoms with Crippen molar-refractivity contribution < 1.29 is 9.90 Å². The molecule has 1 amide bonds. The van der Waals surface area contributed by atoms with Gasteiger partial charge in [0.1, 0.15) is 0 Å². The summed E-state index contributed by atoms with van der Waals surface area (Å²) in [7, 11) is 0. The molecule has 2 rings (SSSR count). The van der Waals surface area contributed by atoms with E-state index in [1.165, 1.54) is 0 Å². The second-order valence-corrected chi connectivity index (χ2v) is 5.54. The van der Waals surface area contributed by atoms with Crippen molar-refractivity contribution in [2.24, 2.45) is 0 Å². The van der Waals surface area contributed by atoms with E-state index in [0.717, 1.165) is 5.56 Å². The minimum absolute atomic E-state index is 0.00225. The number of hydrogen-bond donors (Lipinski definition) is 2. The molecule has 0 spiro atoms. The number of carbonyl (C=O) groups excluding carboxylic acids is 1. The van der Waals surface area contributed by atoms with Crippen molar-refractivity contribution in [1.82, 2.24) is 15.2 Å². The highest BCUT2D eigenvalue weighted by atomic mass is 16.3. The second-order valence-electron chi connectivity index (χ2n) is 5.54. The van der Waals surface area contributed by atoms with Gasteiger partial charge in [-0.25, -0.2) is 0 Å². The summed E-state index contributed by atoms with van der Waals surface area (Å²) >= 11 is 0. The molecule has 5 nitrogen and oxygen atoms in total. The highest BCUT2D eigenvalue weighted by molar-refractivity contribution is 5.82. The smallest absolute Gasteiger partial charge is 0.237 e. The monoisotopic (exact) mass is 263 g/mol. The van der Waals surface area contributed by atoms with Gasteiger partial charge in [0.25, 0.3) is 0 Å². The Labute approximate surface area is 113 Å². The van der Waals surface area contributed by atoms with Crippen molar-refractivity contribution >= 4 is 5.91 Å². The summed E-state index contributed by atoms with van der Waals surface area (Å²) < 4.78 is 0. The van der Waals surface area contributed by atoms with Crippen molar-refractivity contribution in [1.29, 1.82) is 0 Å². The summed E-state index contributed by atoms with van der Waals surface area (Å²) in [6, 6.07) is 3.64. The zero-order valence-corrected chi connectivity index (χ0v) is 11.5. The van der Waals surface area contributed by atoms with Gasteiger partial charge in [0.2, 0.25) is 5.91 Å². The van der Waals surface area contributed by atoms with Crippen molar-refractivity contribution in [3.8, 4) is 0 Å². The van der Waals surface area contributed by atoms with Crippen LogP contribution in [-0.2, 0) is 11.3 Å². The Bertz CT molecular complexity index is 434. The van der Waals surface area contributed by atoms with Gasteiger partial charge in [0.15, 0.2) is 0 Å². The van der Waals surface area contributed by atoms with Gasteiger partial charge in [-0.05, 0) is 38.0 Å². The number of aromatic nitrogens is 1. The van der Waals surface area contributed by atoms with Gasteiger partial charge < -0.3 is 10.4 Å². The molecule has 0 saturated carbocycles. The van der Waals surface area contributed by atoms with Crippen LogP contribution < -0.4 is 5.32 Å². The molecule has 104 valence electrons. The minimum Gasteiger partial charge on any atom is -0.396 e. The molecular formula is C14H21N3O2. The fraction of sp³-hybridized carbons (Fsp3) is 0.571. The van der Waals surface area contributed by atoms with Gasteiger partial charge in [-0.15, -0.1) is 0 Å². The minimum atomic E-state index is -0.276. The molecule has 2 heterocycles. The lowest BCUT2D eigenvalue weighted by molar-refractivity contribution is -0.135. The van der Waals surface area contributed by atoms with Crippen LogP contribution in [0.4, 0.5) is 0 Å². The maximum atomic E-state index is 12.0. The van der Waals surface area contributed by atoms with Crippen LogP contribution in [0.25, 0.3) is 0 Å². The first-order valence-corrected chi connectivity index (χ1v) is 6.59. The molecule has 1 aromatic rings. The molecule has 0 bridgehead atoms. The van der Waals surface area contributed by atoms with Crippen molar-refractivity contribution in [3.63, 3.8) is 0 Å². The fourth-order valence-corrected chi connectivity index (χ4v) is 2.50. The molecule has 1 unspecified atom stereocenters. The first kappa shape index (κ1) is 14.0. The SMILES string of the molecule is CC1(C)CNC(=O)C(CCO)N1Cc1ccncc1. The van der Waals surface area contributed by atoms with Crippen LogP contribution in [-0.4, -0.2) is 45.6 Å². The topological polar surface area (TPSA) is 65.5 Å². The Morgan fingerprint density at radius 1 is 1.47 bits per heavy atom. The van der Waals surface area contributed by atoms with Crippen LogP contribution >= 0.6 is 0 Å². The van der Waals surface area contributed by atoms with E-state index in [4.69, 9.17) is 0 Å². The number of nitrogens with zero attached hydrogens (tertiary/aromatic N) is 2. The molecule has 0 radical (unpaired) electrons. The third-order valence-electron chi connectivity index (χ3n) is 3.66. The molecule has 5 heteroatoms. The van der Waals surface area contributed by atoms with Crippen molar-refractivity contribution in [2.75, 3.05) is 13.2 Å². The maximum Gasteiger partial charge on any atom is 0.237 e. The van der Waals surface area contributed by atoms with Crippen LogP contribution in [0.1, 0.15) is 25.8 Å². The van der Waals surface area contributed by atoms with Crippen molar-refractivity contribution in [3.05, 3.63) is 30.1 Å². The number of pyridine rings is 1. The van der Waals surface area contributed by atoms with E-state index < -0.39 is 0 Å². The molecule has 2 N–H and O–H groups in total. The summed E-state index contributed by atoms with van der Waals surface area (Å²) in [4.78, 5) is 18.2. The third kappa shape index (κ3) is 3.11. The van der Waals surface area contributed by atoms with Gasteiger partial charge >= 0.3 is 0 Å². The van der Waals surface area contributed by atoms with E-state index in [0.29, 0.717) is 19.5 Å². The van der Waals surface area contributed by atoms with Crippen LogP contribution in [0.15, 0.2) is 24.5 Å². The molecule has 1 aromatic heterocycles. The van der Waals surface area contributed by atoms with Gasteiger partial charge in [0, 0.05) is 37.6 Å². The molecule has 1 aliphatic heterocycles. The first-order valence-electron chi connectivity index (χ1n) is 6.59. The van der Waals surface area contributed by atoms with E-state index in [2.05, 4.69) is 29.0 Å². The summed E-state index contributed by atoms with van der Waals surface area (Å²) in [6.07, 6.45) is 3.97. The van der Waals surface area contributed by atoms with Crippen LogP contribution in [0, 0.1) is 0 Å². The molecular weight excluding hydrogens is 242 g/mol. The zero-order chi connectivity index (χ0) is 13.9. The Balaban J connectivity index is 2.22. The van der Waals surface area contributed by atoms with Crippen LogP contribution in [0.2, 0.25) is 0 Å². The first-order chi connectivity index (χ1) is 9.04. The Morgan fingerprint density at radius 3 is 2.79 bits per heavy atom. The van der Waals surface area contributed by atoms with E-state index in [1.54, 1.807) is 12.4 Å². The normalized spacial score (nSPS) is 23.1. The van der Waals surface area contributed by atoms with Gasteiger partial charge in [-0.1, -0.05) is 0 Å². The molecule has 1 atom stereocenters. The van der Waals surface area contributed by atoms with Crippen molar-refractivity contribution in [2.45, 2.75) is 38.4 Å². The highest BCUT2D eigenvalue weighted by Crippen LogP contribution is 2.25. The summed E-state index contributed by atoms with van der Waals surface area (Å²) in [6.45, 7) is 5.55. The Morgan fingerprint density at radius 2 is 2.16 bits per heavy atom. The lowest BCUT2D eigenvalue weighted by atomic mass is 9.93. The molecule has 19 heavy (non-hydrogen) atoms. The average molecular weight is 263 g/mol. The second kappa shape index (κ2) is 5.67. The lowest BCUT2D eigenvalue weighted by Crippen LogP contribution is -2.65. The fourth-order valence-electron chi connectivity index (χ4n) is 2.50. The standard InChI is InChI=1S/C14H21N3O2/c1-14(2)10-16-13(19)12(5-8-18)17(14)9-11-3-6-15-7-4-11/h3-4,6-7,12,18H,5,8-10H2,1-2H3,(H,16,19). The molecule has 0 aliphatic carbocycles. The van der Waals surface area contributed by atoms with Crippen LogP contribution in [0.3, 0.4) is 0 Å². The van der Waals surface area contributed by atoms with Crippen LogP contribution in [0.5, 0.6) is 0 Å². The lowest BCUT2D eigenvalue weighted by Gasteiger charge is -2.47. The quantitative estimate of drug-likeness (QED) is 0.832. The molecule has 1 aliphatic rings. The predicted molar refractivity (Wildman–Crippen MR) is 72.4 cm³/mol. The number of piperazine rings is 1. The zero-order valence-electron chi connectivity index (χ0n) is 11.5. The number of amides is 1. The van der Waals surface area contributed by atoms with E-state index in [-0.39, 0.29) is 24.1 Å². The van der Waals surface area contributed by atoms with Gasteiger partial charge in [0.05, 0.1) is 6.04 Å². The summed E-state index contributed by atoms with van der Waals surface area (Å²) in [5, 5.41) is 12.1. The van der Waals surface area contributed by atoms with Gasteiger partial charge in [-0.2, -0.15) is 0 Å². The maximum absolute atomic E-state index is 12.0. The Kier molecular flexibility index (Phi) is 4.17. The number of carbonyl (C=O) groups is 1. The largest absolute Gasteiger partial charge is 0.396 e. The summed E-state index contributed by atoms with van der Waals surface area (Å²) in [5.41, 5.74) is 0.998. The molecule has 1 fully saturated rings. The van der Waals surface area contributed by atoms with E-state index in [1.807, 2.05) is 12.1 Å². The molecule has 0 aromatic carbocycles. The number of rotatable bonds is 4. The summed E-state index contributed by atoms with van der Waals surface area (Å²) in [5.74, 6) is 0.00225. The number of hydrogen-bond acceptors (Lipinski definition) is 4. The highest BCUT2D eigenvalue weighted by Gasteiger charge is 2.40. The molecule has 1 saturated heterocycles. The number of aliphatic hydroxyl groups is 1. The predicted octanol–water partition coefficient (Wildman–Crippen LogP) is 0.543. The average Bonchev–Trinajstić information content (AvgIpc) is 2.40. The Hall–Kier alpha value is -1.46. The van der Waals surface area contributed by atoms with E-state index >= 15 is 0 Å². The van der Waals surface area contributed by atoms with Gasteiger partial charge in [-0.3, -0.25) is 14.7 Å². The number of nitrogens with one attached hydrogen (secondary N) is 1.